The summed E-state index contributed by atoms with van der Waals surface area (Å²) in [7, 11) is 0. The summed E-state index contributed by atoms with van der Waals surface area (Å²) in [6, 6.07) is 68.2. The molecule has 0 heteroatoms. The van der Waals surface area contributed by atoms with Gasteiger partial charge in [-0.1, -0.05) is 183 Å². The lowest BCUT2D eigenvalue weighted by atomic mass is 9.73. The zero-order valence-electron chi connectivity index (χ0n) is 31.0. The third-order valence-corrected chi connectivity index (χ3v) is 12.6. The van der Waals surface area contributed by atoms with Crippen LogP contribution in [-0.4, -0.2) is 0 Å². The van der Waals surface area contributed by atoms with Gasteiger partial charge >= 0.3 is 0 Å². The molecular weight excluding hydrogens is 661 g/mol. The normalized spacial score (nSPS) is 16.7. The Morgan fingerprint density at radius 2 is 0.982 bits per heavy atom. The van der Waals surface area contributed by atoms with Gasteiger partial charge in [-0.05, 0) is 136 Å². The zero-order valence-corrected chi connectivity index (χ0v) is 31.0. The van der Waals surface area contributed by atoms with Gasteiger partial charge in [0.2, 0.25) is 0 Å². The predicted molar refractivity (Wildman–Crippen MR) is 234 cm³/mol. The summed E-state index contributed by atoms with van der Waals surface area (Å²) in [5.74, 6) is 0. The fourth-order valence-electron chi connectivity index (χ4n) is 9.95. The second kappa shape index (κ2) is 12.5. The standard InChI is InChI=1S/C55H40/c1-55(41-16-3-2-4-17-41)34-39-15-6-8-19-44(39)46-25-13-24-43(54(46)35-55)38-27-29-45-40(32-37-14-5-7-18-42(37)53(45)33-38)30-36-26-28-51-49-22-10-9-20-47(49)48-21-11-12-23-50(48)52(51)31-36/h2-31,33H,32,34-35H2,1H3/b40-30+. The molecule has 0 bridgehead atoms. The minimum absolute atomic E-state index is 0.0348. The molecule has 2 aliphatic carbocycles. The van der Waals surface area contributed by atoms with Gasteiger partial charge < -0.3 is 0 Å². The zero-order chi connectivity index (χ0) is 36.5. The molecule has 1 atom stereocenters. The summed E-state index contributed by atoms with van der Waals surface area (Å²) in [6.07, 6.45) is 5.33. The molecule has 0 amide bonds. The van der Waals surface area contributed by atoms with E-state index in [0.717, 1.165) is 19.3 Å². The maximum Gasteiger partial charge on any atom is 0.000605 e. The second-order valence-electron chi connectivity index (χ2n) is 15.9. The third kappa shape index (κ3) is 5.20. The lowest BCUT2D eigenvalue weighted by Gasteiger charge is -2.30. The number of allylic oxidation sites excluding steroid dienone is 1. The number of benzene rings is 9. The van der Waals surface area contributed by atoms with Gasteiger partial charge in [-0.3, -0.25) is 0 Å². The maximum absolute atomic E-state index is 2.48. The molecule has 0 radical (unpaired) electrons. The Bertz CT molecular complexity index is 2980. The molecule has 9 aromatic carbocycles. The van der Waals surface area contributed by atoms with Crippen LogP contribution in [0.25, 0.3) is 77.3 Å². The Kier molecular flexibility index (Phi) is 7.29. The highest BCUT2D eigenvalue weighted by molar-refractivity contribution is 6.25. The molecule has 2 aliphatic rings. The van der Waals surface area contributed by atoms with Gasteiger partial charge in [0.1, 0.15) is 0 Å². The van der Waals surface area contributed by atoms with E-state index < -0.39 is 0 Å². The van der Waals surface area contributed by atoms with E-state index in [9.17, 15) is 0 Å². The largest absolute Gasteiger partial charge is 0.0622 e. The van der Waals surface area contributed by atoms with Crippen molar-refractivity contribution in [1.82, 2.24) is 0 Å². The maximum atomic E-state index is 2.48. The molecular formula is C55H40. The first kappa shape index (κ1) is 32.0. The molecule has 0 saturated carbocycles. The molecule has 11 rings (SSSR count). The lowest BCUT2D eigenvalue weighted by Crippen LogP contribution is -2.27. The van der Waals surface area contributed by atoms with Gasteiger partial charge in [-0.25, -0.2) is 0 Å². The Balaban J connectivity index is 1.07. The van der Waals surface area contributed by atoms with Crippen LogP contribution in [0.5, 0.6) is 0 Å². The van der Waals surface area contributed by atoms with Crippen LogP contribution in [0.1, 0.15) is 40.3 Å². The first-order chi connectivity index (χ1) is 27.1. The van der Waals surface area contributed by atoms with E-state index in [1.165, 1.54) is 105 Å². The van der Waals surface area contributed by atoms with Gasteiger partial charge in [-0.2, -0.15) is 0 Å². The highest BCUT2D eigenvalue weighted by Gasteiger charge is 2.34. The molecule has 9 aromatic rings. The fourth-order valence-corrected chi connectivity index (χ4v) is 9.95. The SMILES string of the molecule is CC1(c2ccccc2)Cc2ccccc2-c2cccc(-c3ccc4c(c3)-c3ccccc3C/C4=C\c3ccc4c5ccccc5c5ccccc5c4c3)c2C1. The Morgan fingerprint density at radius 1 is 0.400 bits per heavy atom. The number of rotatable bonds is 3. The first-order valence-corrected chi connectivity index (χ1v) is 19.6. The molecule has 0 aliphatic heterocycles. The van der Waals surface area contributed by atoms with Crippen LogP contribution in [0, 0.1) is 0 Å². The molecule has 0 fully saturated rings. The van der Waals surface area contributed by atoms with Gasteiger partial charge in [0, 0.05) is 5.41 Å². The van der Waals surface area contributed by atoms with Crippen molar-refractivity contribution >= 4 is 44.0 Å². The summed E-state index contributed by atoms with van der Waals surface area (Å²) in [5.41, 5.74) is 17.5. The van der Waals surface area contributed by atoms with E-state index in [1.54, 1.807) is 0 Å². The average Bonchev–Trinajstić information content (AvgIpc) is 3.38. The number of fused-ring (bicyclic) bond motifs is 12. The van der Waals surface area contributed by atoms with Gasteiger partial charge in [0.15, 0.2) is 0 Å². The molecule has 0 nitrogen and oxygen atoms in total. The van der Waals surface area contributed by atoms with Crippen LogP contribution >= 0.6 is 0 Å². The van der Waals surface area contributed by atoms with Gasteiger partial charge in [0.25, 0.3) is 0 Å². The Hall–Kier alpha value is -6.50. The van der Waals surface area contributed by atoms with Crippen LogP contribution in [0.2, 0.25) is 0 Å². The van der Waals surface area contributed by atoms with Crippen molar-refractivity contribution in [3.05, 3.63) is 215 Å². The topological polar surface area (TPSA) is 0 Å². The summed E-state index contributed by atoms with van der Waals surface area (Å²) in [5, 5.41) is 7.86. The van der Waals surface area contributed by atoms with Crippen molar-refractivity contribution in [1.29, 1.82) is 0 Å². The van der Waals surface area contributed by atoms with E-state index in [-0.39, 0.29) is 5.41 Å². The van der Waals surface area contributed by atoms with Crippen LogP contribution in [0.3, 0.4) is 0 Å². The molecule has 0 saturated heterocycles. The highest BCUT2D eigenvalue weighted by Crippen LogP contribution is 2.47. The number of hydrogen-bond acceptors (Lipinski definition) is 0. The fraction of sp³-hybridized carbons (Fsp3) is 0.0909. The minimum atomic E-state index is -0.0348. The monoisotopic (exact) mass is 700 g/mol. The van der Waals surface area contributed by atoms with Gasteiger partial charge in [0.05, 0.1) is 0 Å². The van der Waals surface area contributed by atoms with Crippen molar-refractivity contribution in [2.24, 2.45) is 0 Å². The molecule has 55 heavy (non-hydrogen) atoms. The molecule has 1 unspecified atom stereocenters. The molecule has 0 N–H and O–H groups in total. The van der Waals surface area contributed by atoms with Gasteiger partial charge in [-0.15, -0.1) is 0 Å². The smallest absolute Gasteiger partial charge is 0.000605 e. The van der Waals surface area contributed by atoms with Crippen molar-refractivity contribution < 1.29 is 0 Å². The summed E-state index contributed by atoms with van der Waals surface area (Å²) < 4.78 is 0. The number of hydrogen-bond donors (Lipinski definition) is 0. The quantitative estimate of drug-likeness (QED) is 0.161. The van der Waals surface area contributed by atoms with Crippen molar-refractivity contribution in [2.75, 3.05) is 0 Å². The van der Waals surface area contributed by atoms with Crippen molar-refractivity contribution in [3.63, 3.8) is 0 Å². The highest BCUT2D eigenvalue weighted by atomic mass is 14.4. The third-order valence-electron chi connectivity index (χ3n) is 12.6. The van der Waals surface area contributed by atoms with Crippen molar-refractivity contribution in [2.45, 2.75) is 31.6 Å². The summed E-state index contributed by atoms with van der Waals surface area (Å²) in [6.45, 7) is 2.46. The Morgan fingerprint density at radius 3 is 1.73 bits per heavy atom. The van der Waals surface area contributed by atoms with Crippen LogP contribution in [0.15, 0.2) is 182 Å². The van der Waals surface area contributed by atoms with Crippen LogP contribution < -0.4 is 0 Å². The van der Waals surface area contributed by atoms with E-state index in [0.29, 0.717) is 0 Å². The van der Waals surface area contributed by atoms with E-state index >= 15 is 0 Å². The summed E-state index contributed by atoms with van der Waals surface area (Å²) in [4.78, 5) is 0. The first-order valence-electron chi connectivity index (χ1n) is 19.6. The molecule has 0 aromatic heterocycles. The minimum Gasteiger partial charge on any atom is -0.0622 e. The molecule has 0 heterocycles. The predicted octanol–water partition coefficient (Wildman–Crippen LogP) is 14.3. The Labute approximate surface area is 323 Å². The lowest BCUT2D eigenvalue weighted by molar-refractivity contribution is 0.470. The van der Waals surface area contributed by atoms with Crippen molar-refractivity contribution in [3.8, 4) is 33.4 Å². The van der Waals surface area contributed by atoms with E-state index in [1.807, 2.05) is 0 Å². The average molecular weight is 701 g/mol. The molecule has 260 valence electrons. The van der Waals surface area contributed by atoms with Crippen LogP contribution in [0.4, 0.5) is 0 Å². The molecule has 0 spiro atoms. The summed E-state index contributed by atoms with van der Waals surface area (Å²) >= 11 is 0. The van der Waals surface area contributed by atoms with Crippen LogP contribution in [-0.2, 0) is 24.7 Å². The second-order valence-corrected chi connectivity index (χ2v) is 15.9. The van der Waals surface area contributed by atoms with E-state index in [4.69, 9.17) is 0 Å². The van der Waals surface area contributed by atoms with E-state index in [2.05, 4.69) is 195 Å².